The second-order valence-electron chi connectivity index (χ2n) is 3.26. The van der Waals surface area contributed by atoms with Crippen molar-refractivity contribution in [3.63, 3.8) is 0 Å². The van der Waals surface area contributed by atoms with E-state index < -0.39 is 6.10 Å². The van der Waals surface area contributed by atoms with Gasteiger partial charge in [-0.2, -0.15) is 0 Å². The van der Waals surface area contributed by atoms with Gasteiger partial charge in [-0.1, -0.05) is 6.92 Å². The quantitative estimate of drug-likeness (QED) is 0.767. The predicted molar refractivity (Wildman–Crippen MR) is 53.8 cm³/mol. The molecule has 0 bridgehead atoms. The minimum absolute atomic E-state index is 0.434. The van der Waals surface area contributed by atoms with E-state index >= 15 is 0 Å². The van der Waals surface area contributed by atoms with E-state index in [0.717, 1.165) is 11.4 Å². The Morgan fingerprint density at radius 2 is 2.15 bits per heavy atom. The lowest BCUT2D eigenvalue weighted by molar-refractivity contribution is 0.169. The van der Waals surface area contributed by atoms with Crippen molar-refractivity contribution < 1.29 is 5.11 Å². The number of nitrogens with zero attached hydrogens (tertiary/aromatic N) is 2. The average molecular weight is 180 g/mol. The molecule has 0 unspecified atom stereocenters. The van der Waals surface area contributed by atoms with Gasteiger partial charge < -0.3 is 10.0 Å². The van der Waals surface area contributed by atoms with Crippen molar-refractivity contribution in [2.45, 2.75) is 19.4 Å². The fourth-order valence-electron chi connectivity index (χ4n) is 1.07. The Balaban J connectivity index is 2.81. The summed E-state index contributed by atoms with van der Waals surface area (Å²) in [7, 11) is 3.93. The number of aliphatic hydroxyl groups excluding tert-OH is 1. The fraction of sp³-hybridized carbons (Fsp3) is 0.500. The Kier molecular flexibility index (Phi) is 3.25. The molecule has 0 aromatic carbocycles. The Hall–Kier alpha value is -1.09. The zero-order chi connectivity index (χ0) is 9.84. The molecule has 1 aromatic heterocycles. The van der Waals surface area contributed by atoms with E-state index in [0.29, 0.717) is 6.42 Å². The third-order valence-corrected chi connectivity index (χ3v) is 2.02. The minimum Gasteiger partial charge on any atom is -0.387 e. The summed E-state index contributed by atoms with van der Waals surface area (Å²) in [6.07, 6.45) is 2.04. The van der Waals surface area contributed by atoms with Crippen LogP contribution in [-0.4, -0.2) is 24.2 Å². The molecule has 1 N–H and O–H groups in total. The van der Waals surface area contributed by atoms with E-state index in [1.807, 2.05) is 38.1 Å². The molecule has 72 valence electrons. The lowest BCUT2D eigenvalue weighted by Gasteiger charge is -2.13. The van der Waals surface area contributed by atoms with Crippen LogP contribution in [-0.2, 0) is 0 Å². The fourth-order valence-corrected chi connectivity index (χ4v) is 1.07. The zero-order valence-electron chi connectivity index (χ0n) is 8.36. The second kappa shape index (κ2) is 4.23. The van der Waals surface area contributed by atoms with E-state index in [9.17, 15) is 5.11 Å². The summed E-state index contributed by atoms with van der Waals surface area (Å²) in [6.45, 7) is 1.94. The molecule has 1 heterocycles. The average Bonchev–Trinajstić information content (AvgIpc) is 2.17. The van der Waals surface area contributed by atoms with Gasteiger partial charge in [0.25, 0.3) is 0 Å². The molecule has 13 heavy (non-hydrogen) atoms. The van der Waals surface area contributed by atoms with Crippen molar-refractivity contribution in [3.05, 3.63) is 24.0 Å². The molecular formula is C10H16N2O. The molecule has 1 aromatic rings. The van der Waals surface area contributed by atoms with Gasteiger partial charge in [-0.15, -0.1) is 0 Å². The molecule has 0 amide bonds. The van der Waals surface area contributed by atoms with Crippen LogP contribution in [0.5, 0.6) is 0 Å². The monoisotopic (exact) mass is 180 g/mol. The highest BCUT2D eigenvalue weighted by Crippen LogP contribution is 2.16. The maximum absolute atomic E-state index is 9.48. The standard InChI is InChI=1S/C10H16N2O/c1-4-10(13)9-6-5-8(7-11-9)12(2)3/h5-7,10,13H,4H2,1-3H3/t10-/m1/s1. The molecule has 1 rings (SSSR count). The summed E-state index contributed by atoms with van der Waals surface area (Å²) in [5, 5.41) is 9.48. The van der Waals surface area contributed by atoms with Gasteiger partial charge in [-0.3, -0.25) is 4.98 Å². The molecule has 0 radical (unpaired) electrons. The molecule has 0 saturated heterocycles. The molecule has 0 spiro atoms. The summed E-state index contributed by atoms with van der Waals surface area (Å²) in [5.74, 6) is 0. The topological polar surface area (TPSA) is 36.4 Å². The van der Waals surface area contributed by atoms with Crippen LogP contribution in [0.15, 0.2) is 18.3 Å². The SMILES string of the molecule is CC[C@@H](O)c1ccc(N(C)C)cn1. The first-order valence-electron chi connectivity index (χ1n) is 4.46. The summed E-state index contributed by atoms with van der Waals surface area (Å²) in [6, 6.07) is 3.82. The van der Waals surface area contributed by atoms with Crippen molar-refractivity contribution in [2.75, 3.05) is 19.0 Å². The van der Waals surface area contributed by atoms with Gasteiger partial charge in [0.05, 0.1) is 23.7 Å². The van der Waals surface area contributed by atoms with E-state index in [4.69, 9.17) is 0 Å². The van der Waals surface area contributed by atoms with Gasteiger partial charge in [-0.25, -0.2) is 0 Å². The largest absolute Gasteiger partial charge is 0.387 e. The maximum Gasteiger partial charge on any atom is 0.0957 e. The minimum atomic E-state index is -0.434. The second-order valence-corrected chi connectivity index (χ2v) is 3.26. The van der Waals surface area contributed by atoms with Crippen LogP contribution < -0.4 is 4.90 Å². The third kappa shape index (κ3) is 2.42. The van der Waals surface area contributed by atoms with Gasteiger partial charge in [0.1, 0.15) is 0 Å². The number of aromatic nitrogens is 1. The molecule has 0 aliphatic heterocycles. The smallest absolute Gasteiger partial charge is 0.0957 e. The predicted octanol–water partition coefficient (Wildman–Crippen LogP) is 1.59. The number of pyridine rings is 1. The Morgan fingerprint density at radius 1 is 1.46 bits per heavy atom. The Bertz CT molecular complexity index is 256. The van der Waals surface area contributed by atoms with Crippen molar-refractivity contribution in [3.8, 4) is 0 Å². The first-order valence-corrected chi connectivity index (χ1v) is 4.46. The van der Waals surface area contributed by atoms with Crippen LogP contribution in [0.4, 0.5) is 5.69 Å². The molecule has 0 saturated carbocycles. The Labute approximate surface area is 79.0 Å². The zero-order valence-corrected chi connectivity index (χ0v) is 8.36. The molecule has 3 nitrogen and oxygen atoms in total. The summed E-state index contributed by atoms with van der Waals surface area (Å²) in [5.41, 5.74) is 1.79. The van der Waals surface area contributed by atoms with Gasteiger partial charge >= 0.3 is 0 Å². The van der Waals surface area contributed by atoms with Crippen LogP contribution in [0.1, 0.15) is 25.1 Å². The lowest BCUT2D eigenvalue weighted by Crippen LogP contribution is -2.09. The Morgan fingerprint density at radius 3 is 2.54 bits per heavy atom. The highest BCUT2D eigenvalue weighted by atomic mass is 16.3. The molecule has 0 aliphatic rings. The van der Waals surface area contributed by atoms with Gasteiger partial charge in [-0.05, 0) is 18.6 Å². The van der Waals surface area contributed by atoms with Crippen molar-refractivity contribution in [1.82, 2.24) is 4.98 Å². The normalized spacial score (nSPS) is 12.6. The number of rotatable bonds is 3. The number of aliphatic hydroxyl groups is 1. The van der Waals surface area contributed by atoms with Gasteiger partial charge in [0.2, 0.25) is 0 Å². The van der Waals surface area contributed by atoms with Crippen LogP contribution in [0.3, 0.4) is 0 Å². The van der Waals surface area contributed by atoms with Crippen molar-refractivity contribution in [2.24, 2.45) is 0 Å². The summed E-state index contributed by atoms with van der Waals surface area (Å²) < 4.78 is 0. The van der Waals surface area contributed by atoms with Crippen LogP contribution in [0.25, 0.3) is 0 Å². The van der Waals surface area contributed by atoms with E-state index in [1.165, 1.54) is 0 Å². The number of anilines is 1. The highest BCUT2D eigenvalue weighted by Gasteiger charge is 2.05. The van der Waals surface area contributed by atoms with E-state index in [1.54, 1.807) is 6.20 Å². The van der Waals surface area contributed by atoms with Crippen LogP contribution in [0, 0.1) is 0 Å². The summed E-state index contributed by atoms with van der Waals surface area (Å²) in [4.78, 5) is 6.16. The highest BCUT2D eigenvalue weighted by molar-refractivity contribution is 5.42. The first kappa shape index (κ1) is 9.99. The molecule has 0 aliphatic carbocycles. The van der Waals surface area contributed by atoms with Crippen LogP contribution in [0.2, 0.25) is 0 Å². The van der Waals surface area contributed by atoms with E-state index in [2.05, 4.69) is 4.98 Å². The molecule has 1 atom stereocenters. The summed E-state index contributed by atoms with van der Waals surface area (Å²) >= 11 is 0. The van der Waals surface area contributed by atoms with Gasteiger partial charge in [0, 0.05) is 14.1 Å². The number of hydrogen-bond donors (Lipinski definition) is 1. The first-order chi connectivity index (χ1) is 6.15. The third-order valence-electron chi connectivity index (χ3n) is 2.02. The van der Waals surface area contributed by atoms with Crippen LogP contribution >= 0.6 is 0 Å². The van der Waals surface area contributed by atoms with Crippen molar-refractivity contribution >= 4 is 5.69 Å². The number of hydrogen-bond acceptors (Lipinski definition) is 3. The van der Waals surface area contributed by atoms with E-state index in [-0.39, 0.29) is 0 Å². The lowest BCUT2D eigenvalue weighted by atomic mass is 10.2. The maximum atomic E-state index is 9.48. The molecule has 0 fully saturated rings. The molecule has 3 heteroatoms. The van der Waals surface area contributed by atoms with Crippen molar-refractivity contribution in [1.29, 1.82) is 0 Å². The van der Waals surface area contributed by atoms with Gasteiger partial charge in [0.15, 0.2) is 0 Å². The molecular weight excluding hydrogens is 164 g/mol.